The van der Waals surface area contributed by atoms with Gasteiger partial charge in [-0.05, 0) is 63.6 Å². The molecule has 7 aromatic carbocycles. The Balaban J connectivity index is 1.27. The number of furan rings is 1. The van der Waals surface area contributed by atoms with Crippen LogP contribution in [0.25, 0.3) is 89.5 Å². The van der Waals surface area contributed by atoms with Crippen molar-refractivity contribution in [1.82, 2.24) is 15.0 Å². The van der Waals surface area contributed by atoms with Crippen molar-refractivity contribution in [2.45, 2.75) is 0 Å². The Morgan fingerprint density at radius 1 is 0.347 bits per heavy atom. The van der Waals surface area contributed by atoms with Crippen molar-refractivity contribution in [1.29, 1.82) is 0 Å². The van der Waals surface area contributed by atoms with E-state index in [1.165, 1.54) is 0 Å². The summed E-state index contributed by atoms with van der Waals surface area (Å²) in [6.45, 7) is 0. The van der Waals surface area contributed by atoms with Crippen LogP contribution >= 0.6 is 0 Å². The topological polar surface area (TPSA) is 51.8 Å². The van der Waals surface area contributed by atoms with Gasteiger partial charge in [0.15, 0.2) is 17.5 Å². The van der Waals surface area contributed by atoms with E-state index in [9.17, 15) is 1.37 Å². The van der Waals surface area contributed by atoms with Crippen molar-refractivity contribution in [3.8, 4) is 67.5 Å². The third-order valence-corrected chi connectivity index (χ3v) is 8.12. The highest BCUT2D eigenvalue weighted by Crippen LogP contribution is 2.35. The van der Waals surface area contributed by atoms with Crippen molar-refractivity contribution in [2.24, 2.45) is 0 Å². The summed E-state index contributed by atoms with van der Waals surface area (Å²) < 4.78 is 102. The molecule has 230 valence electrons. The number of hydrogen-bond acceptors (Lipinski definition) is 4. The predicted octanol–water partition coefficient (Wildman–Crippen LogP) is 11.8. The molecule has 0 aliphatic heterocycles. The molecule has 2 heterocycles. The number of benzene rings is 7. The van der Waals surface area contributed by atoms with Crippen LogP contribution in [0, 0.1) is 0 Å². The van der Waals surface area contributed by atoms with Gasteiger partial charge in [0, 0.05) is 27.5 Å². The first-order valence-corrected chi connectivity index (χ1v) is 15.5. The van der Waals surface area contributed by atoms with Crippen LogP contribution in [0.5, 0.6) is 0 Å². The molecule has 0 spiro atoms. The summed E-state index contributed by atoms with van der Waals surface area (Å²) >= 11 is 0. The van der Waals surface area contributed by atoms with Gasteiger partial charge in [-0.25, -0.2) is 15.0 Å². The number of fused-ring (bicyclic) bond motifs is 3. The fraction of sp³-hybridized carbons (Fsp3) is 0. The summed E-state index contributed by atoms with van der Waals surface area (Å²) in [4.78, 5) is 14.4. The molecule has 0 radical (unpaired) electrons. The normalized spacial score (nSPS) is 14.4. The van der Waals surface area contributed by atoms with Gasteiger partial charge in [-0.15, -0.1) is 0 Å². The number of hydrogen-bond donors (Lipinski definition) is 0. The van der Waals surface area contributed by atoms with Gasteiger partial charge in [0.05, 0.1) is 15.1 Å². The Kier molecular flexibility index (Phi) is 4.78. The van der Waals surface area contributed by atoms with Crippen LogP contribution in [0.3, 0.4) is 0 Å². The van der Waals surface area contributed by atoms with Crippen LogP contribution in [-0.4, -0.2) is 15.0 Å². The Hall–Kier alpha value is -6.65. The average Bonchev–Trinajstić information content (AvgIpc) is 3.70. The van der Waals surface area contributed by atoms with E-state index in [1.54, 1.807) is 0 Å². The largest absolute Gasteiger partial charge is 0.456 e. The van der Waals surface area contributed by atoms with E-state index >= 15 is 0 Å². The molecule has 0 amide bonds. The minimum Gasteiger partial charge on any atom is -0.456 e. The first-order chi connectivity index (χ1) is 28.8. The van der Waals surface area contributed by atoms with E-state index in [-0.39, 0.29) is 45.0 Å². The maximum Gasteiger partial charge on any atom is 0.164 e. The zero-order valence-electron chi connectivity index (χ0n) is 36.6. The summed E-state index contributed by atoms with van der Waals surface area (Å²) in [6, 6.07) is 28.4. The second-order valence-electron chi connectivity index (χ2n) is 11.2. The van der Waals surface area contributed by atoms with Crippen LogP contribution in [0.15, 0.2) is 180 Å². The van der Waals surface area contributed by atoms with Crippen LogP contribution < -0.4 is 0 Å². The first-order valence-electron chi connectivity index (χ1n) is 21.0. The lowest BCUT2D eigenvalue weighted by Gasteiger charge is -2.10. The molecular weight excluding hydrogens is 599 g/mol. The minimum atomic E-state index is -0.679. The second kappa shape index (κ2) is 12.2. The molecule has 49 heavy (non-hydrogen) atoms. The standard InChI is InChI=1S/C45H29N3O/c1-4-10-30(11-5-1)33-16-20-35(21-17-33)43-46-44(36-22-18-34(19-23-36)31-12-6-2-7-13-31)48-45(47-43)38-25-27-41-40(28-38)39-26-24-37(29-42(39)49-41)32-14-8-3-9-15-32/h1-29H/i3D,8D,9D,14D,15D,24D,25D,26D,27D,28D,29D. The lowest BCUT2D eigenvalue weighted by Crippen LogP contribution is -2.00. The maximum absolute atomic E-state index is 9.51. The molecule has 0 unspecified atom stereocenters. The van der Waals surface area contributed by atoms with E-state index in [0.717, 1.165) is 22.3 Å². The minimum absolute atomic E-state index is 0.103. The van der Waals surface area contributed by atoms with Crippen LogP contribution in [0.2, 0.25) is 0 Å². The lowest BCUT2D eigenvalue weighted by molar-refractivity contribution is 0.669. The molecule has 0 N–H and O–H groups in total. The highest BCUT2D eigenvalue weighted by molar-refractivity contribution is 6.07. The molecule has 2 aromatic heterocycles. The van der Waals surface area contributed by atoms with Gasteiger partial charge in [-0.2, -0.15) is 0 Å². The summed E-state index contributed by atoms with van der Waals surface area (Å²) in [6.07, 6.45) is 0. The first kappa shape index (κ1) is 19.2. The Morgan fingerprint density at radius 3 is 1.41 bits per heavy atom. The van der Waals surface area contributed by atoms with E-state index in [1.807, 2.05) is 109 Å². The molecule has 9 aromatic rings. The third-order valence-electron chi connectivity index (χ3n) is 8.12. The molecular formula is C45H29N3O. The van der Waals surface area contributed by atoms with E-state index < -0.39 is 77.6 Å². The van der Waals surface area contributed by atoms with Gasteiger partial charge in [0.1, 0.15) is 11.2 Å². The molecule has 4 heteroatoms. The van der Waals surface area contributed by atoms with E-state index in [0.29, 0.717) is 11.1 Å². The Labute approximate surface area is 299 Å². The summed E-state index contributed by atoms with van der Waals surface area (Å²) in [5.74, 6) is 0.361. The number of rotatable bonds is 6. The molecule has 0 saturated carbocycles. The SMILES string of the molecule is [2H]c1c([2H])c([2H])c(-c2c([2H])c([2H])c3c(oc4c([2H])c([2H])c(-c5nc(-c6ccc(-c7ccccc7)cc6)nc(-c6ccc(-c7ccccc7)cc6)n5)c([2H])c43)c2[2H])c([2H])c1[2H]. The van der Waals surface area contributed by atoms with Crippen molar-refractivity contribution >= 4 is 21.9 Å². The van der Waals surface area contributed by atoms with Crippen molar-refractivity contribution < 1.29 is 19.5 Å². The zero-order valence-corrected chi connectivity index (χ0v) is 25.6. The van der Waals surface area contributed by atoms with Crippen molar-refractivity contribution in [2.75, 3.05) is 0 Å². The van der Waals surface area contributed by atoms with Crippen LogP contribution in [0.4, 0.5) is 0 Å². The molecule has 0 aliphatic rings. The fourth-order valence-electron chi connectivity index (χ4n) is 5.63. The lowest BCUT2D eigenvalue weighted by atomic mass is 10.0. The highest BCUT2D eigenvalue weighted by atomic mass is 16.3. The summed E-state index contributed by atoms with van der Waals surface area (Å²) in [5, 5.41) is -0.318. The maximum atomic E-state index is 9.51. The third kappa shape index (κ3) is 5.56. The van der Waals surface area contributed by atoms with E-state index in [4.69, 9.17) is 33.1 Å². The smallest absolute Gasteiger partial charge is 0.164 e. The molecule has 0 aliphatic carbocycles. The monoisotopic (exact) mass is 638 g/mol. The Morgan fingerprint density at radius 2 is 0.837 bits per heavy atom. The quantitative estimate of drug-likeness (QED) is 0.182. The van der Waals surface area contributed by atoms with Crippen molar-refractivity contribution in [3.63, 3.8) is 0 Å². The molecule has 4 nitrogen and oxygen atoms in total. The number of nitrogens with zero attached hydrogens (tertiary/aromatic N) is 3. The predicted molar refractivity (Wildman–Crippen MR) is 200 cm³/mol. The van der Waals surface area contributed by atoms with Crippen molar-refractivity contribution in [3.05, 3.63) is 176 Å². The number of aromatic nitrogens is 3. The van der Waals surface area contributed by atoms with E-state index in [2.05, 4.69) is 0 Å². The average molecular weight is 639 g/mol. The molecule has 0 bridgehead atoms. The van der Waals surface area contributed by atoms with Crippen LogP contribution in [-0.2, 0) is 0 Å². The fourth-order valence-corrected chi connectivity index (χ4v) is 5.63. The van der Waals surface area contributed by atoms with Gasteiger partial charge in [-0.1, -0.05) is 145 Å². The summed E-state index contributed by atoms with van der Waals surface area (Å²) in [5.41, 5.74) is 3.49. The second-order valence-corrected chi connectivity index (χ2v) is 11.2. The summed E-state index contributed by atoms with van der Waals surface area (Å²) in [7, 11) is 0. The molecule has 9 rings (SSSR count). The van der Waals surface area contributed by atoms with Gasteiger partial charge in [0.25, 0.3) is 0 Å². The van der Waals surface area contributed by atoms with Gasteiger partial charge < -0.3 is 4.42 Å². The van der Waals surface area contributed by atoms with Crippen LogP contribution in [0.1, 0.15) is 15.1 Å². The Bertz CT molecular complexity index is 3060. The zero-order chi connectivity index (χ0) is 42.1. The van der Waals surface area contributed by atoms with Gasteiger partial charge in [-0.3, -0.25) is 0 Å². The molecule has 0 saturated heterocycles. The van der Waals surface area contributed by atoms with Gasteiger partial charge >= 0.3 is 0 Å². The molecule has 0 atom stereocenters. The molecule has 0 fully saturated rings. The van der Waals surface area contributed by atoms with Gasteiger partial charge in [0.2, 0.25) is 0 Å². The highest BCUT2D eigenvalue weighted by Gasteiger charge is 2.16.